The van der Waals surface area contributed by atoms with E-state index < -0.39 is 16.9 Å². The molecule has 0 spiro atoms. The molecule has 0 amide bonds. The number of ether oxygens (including phenoxy) is 2. The number of rotatable bonds is 8. The minimum atomic E-state index is -1.01. The highest BCUT2D eigenvalue weighted by molar-refractivity contribution is 5.76. The highest BCUT2D eigenvalue weighted by Crippen LogP contribution is 2.44. The summed E-state index contributed by atoms with van der Waals surface area (Å²) in [5.41, 5.74) is 0.847. The Morgan fingerprint density at radius 3 is 2.45 bits per heavy atom. The fourth-order valence-electron chi connectivity index (χ4n) is 4.87. The molecule has 0 aromatic heterocycles. The van der Waals surface area contributed by atoms with Gasteiger partial charge in [-0.15, -0.1) is 0 Å². The van der Waals surface area contributed by atoms with Gasteiger partial charge >= 0.3 is 11.9 Å². The summed E-state index contributed by atoms with van der Waals surface area (Å²) in [6.45, 7) is 0.611. The zero-order valence-electron chi connectivity index (χ0n) is 16.7. The second kappa shape index (κ2) is 8.36. The third kappa shape index (κ3) is 4.50. The first-order valence-electron chi connectivity index (χ1n) is 9.80. The Labute approximate surface area is 168 Å². The monoisotopic (exact) mass is 407 g/mol. The average molecular weight is 407 g/mol. The van der Waals surface area contributed by atoms with Gasteiger partial charge in [-0.3, -0.25) is 19.7 Å². The van der Waals surface area contributed by atoms with Crippen molar-refractivity contribution >= 4 is 17.6 Å². The van der Waals surface area contributed by atoms with Crippen molar-refractivity contribution in [3.63, 3.8) is 0 Å². The van der Waals surface area contributed by atoms with E-state index in [0.29, 0.717) is 25.1 Å². The molecule has 2 fully saturated rings. The number of nitrogens with zero attached hydrogens (tertiary/aromatic N) is 2. The van der Waals surface area contributed by atoms with Crippen LogP contribution in [-0.2, 0) is 20.9 Å². The number of aliphatic carboxylic acids is 1. The number of carboxylic acids is 1. The van der Waals surface area contributed by atoms with Gasteiger partial charge in [0.05, 0.1) is 49.6 Å². The topological polar surface area (TPSA) is 116 Å². The summed E-state index contributed by atoms with van der Waals surface area (Å²) < 4.78 is 11.7. The molecule has 0 radical (unpaired) electrons. The number of benzene rings is 1. The summed E-state index contributed by atoms with van der Waals surface area (Å²) in [4.78, 5) is 33.3. The Balaban J connectivity index is 1.71. The number of nitro benzene ring substituents is 1. The van der Waals surface area contributed by atoms with Crippen LogP contribution < -0.4 is 4.74 Å². The van der Waals surface area contributed by atoms with Gasteiger partial charge in [-0.25, -0.2) is 0 Å². The van der Waals surface area contributed by atoms with Gasteiger partial charge in [-0.2, -0.15) is 0 Å². The predicted octanol–water partition coefficient (Wildman–Crippen LogP) is 2.65. The lowest BCUT2D eigenvalue weighted by Gasteiger charge is -2.47. The van der Waals surface area contributed by atoms with Crippen LogP contribution in [0.5, 0.6) is 5.75 Å². The molecule has 2 saturated heterocycles. The standard InChI is InChI=1S/C20H26N2O7/c1-22(12-13-9-14(21(26)27)3-6-18(13)28-2)15-4-5-16(22)11-17(10-15)29-20(25)8-7-19(23)24/h3,6,9,15-17H,4-5,7-8,10-12H2,1-2H3/p+1. The Hall–Kier alpha value is -2.68. The first-order chi connectivity index (χ1) is 13.7. The summed E-state index contributed by atoms with van der Waals surface area (Å²) in [5.74, 6) is -0.842. The molecule has 0 aliphatic carbocycles. The molecule has 2 bridgehead atoms. The number of esters is 1. The minimum absolute atomic E-state index is 0.0435. The number of fused-ring (bicyclic) bond motifs is 2. The Kier molecular flexibility index (Phi) is 6.07. The number of non-ortho nitro benzene ring substituents is 1. The van der Waals surface area contributed by atoms with Gasteiger partial charge in [0.15, 0.2) is 0 Å². The van der Waals surface area contributed by atoms with E-state index in [-0.39, 0.29) is 36.7 Å². The average Bonchev–Trinajstić information content (AvgIpc) is 2.83. The van der Waals surface area contributed by atoms with Gasteiger partial charge in [-0.05, 0) is 6.07 Å². The van der Waals surface area contributed by atoms with E-state index in [4.69, 9.17) is 14.6 Å². The number of carbonyl (C=O) groups excluding carboxylic acids is 1. The van der Waals surface area contributed by atoms with Crippen LogP contribution in [0.1, 0.15) is 44.1 Å². The maximum atomic E-state index is 11.9. The molecule has 1 aromatic carbocycles. The Morgan fingerprint density at radius 2 is 1.90 bits per heavy atom. The van der Waals surface area contributed by atoms with Gasteiger partial charge in [0, 0.05) is 37.8 Å². The molecule has 2 aliphatic heterocycles. The second-order valence-corrected chi connectivity index (χ2v) is 8.12. The van der Waals surface area contributed by atoms with Crippen molar-refractivity contribution in [2.75, 3.05) is 14.2 Å². The van der Waals surface area contributed by atoms with Crippen molar-refractivity contribution in [3.8, 4) is 5.75 Å². The molecule has 2 heterocycles. The molecule has 3 rings (SSSR count). The van der Waals surface area contributed by atoms with Crippen LogP contribution in [-0.4, -0.2) is 58.8 Å². The van der Waals surface area contributed by atoms with Crippen LogP contribution in [0.3, 0.4) is 0 Å². The van der Waals surface area contributed by atoms with Crippen molar-refractivity contribution in [2.24, 2.45) is 0 Å². The lowest BCUT2D eigenvalue weighted by Crippen LogP contribution is -2.58. The largest absolute Gasteiger partial charge is 0.496 e. The molecule has 158 valence electrons. The highest BCUT2D eigenvalue weighted by Gasteiger charge is 2.52. The third-order valence-electron chi connectivity index (χ3n) is 6.40. The van der Waals surface area contributed by atoms with E-state index in [1.54, 1.807) is 19.2 Å². The zero-order valence-corrected chi connectivity index (χ0v) is 16.7. The second-order valence-electron chi connectivity index (χ2n) is 8.12. The SMILES string of the molecule is COc1ccc([N+](=O)[O-])cc1C[N+]1(C)C2CCC1CC(OC(=O)CCC(=O)O)C2. The van der Waals surface area contributed by atoms with E-state index in [9.17, 15) is 19.7 Å². The summed E-state index contributed by atoms with van der Waals surface area (Å²) in [7, 11) is 3.71. The molecule has 1 aromatic rings. The molecular formula is C20H27N2O7+. The number of methoxy groups -OCH3 is 1. The van der Waals surface area contributed by atoms with Crippen molar-refractivity contribution in [3.05, 3.63) is 33.9 Å². The number of piperidine rings is 1. The maximum absolute atomic E-state index is 11.9. The lowest BCUT2D eigenvalue weighted by atomic mass is 9.95. The summed E-state index contributed by atoms with van der Waals surface area (Å²) in [6, 6.07) is 5.21. The molecular weight excluding hydrogens is 380 g/mol. The fraction of sp³-hybridized carbons (Fsp3) is 0.600. The maximum Gasteiger partial charge on any atom is 0.306 e. The van der Waals surface area contributed by atoms with Gasteiger partial charge in [0.2, 0.25) is 0 Å². The molecule has 9 heteroatoms. The number of hydrogen-bond acceptors (Lipinski definition) is 6. The van der Waals surface area contributed by atoms with Crippen LogP contribution in [0.2, 0.25) is 0 Å². The van der Waals surface area contributed by atoms with E-state index in [0.717, 1.165) is 22.9 Å². The van der Waals surface area contributed by atoms with Gasteiger partial charge in [0.25, 0.3) is 5.69 Å². The van der Waals surface area contributed by atoms with E-state index in [2.05, 4.69) is 7.05 Å². The van der Waals surface area contributed by atoms with Crippen molar-refractivity contribution in [2.45, 2.75) is 63.3 Å². The van der Waals surface area contributed by atoms with Crippen molar-refractivity contribution in [1.82, 2.24) is 0 Å². The zero-order chi connectivity index (χ0) is 21.2. The number of hydrogen-bond donors (Lipinski definition) is 1. The molecule has 29 heavy (non-hydrogen) atoms. The quantitative estimate of drug-likeness (QED) is 0.305. The van der Waals surface area contributed by atoms with Crippen LogP contribution in [0.4, 0.5) is 5.69 Å². The number of carbonyl (C=O) groups is 2. The first-order valence-corrected chi connectivity index (χ1v) is 9.80. The number of carboxylic acid groups (broad SMARTS) is 1. The predicted molar refractivity (Wildman–Crippen MR) is 102 cm³/mol. The number of nitro groups is 1. The van der Waals surface area contributed by atoms with Crippen LogP contribution in [0.15, 0.2) is 18.2 Å². The molecule has 9 nitrogen and oxygen atoms in total. The van der Waals surface area contributed by atoms with Crippen molar-refractivity contribution < 1.29 is 33.6 Å². The highest BCUT2D eigenvalue weighted by atomic mass is 16.6. The molecule has 1 N–H and O–H groups in total. The van der Waals surface area contributed by atoms with Gasteiger partial charge in [0.1, 0.15) is 18.4 Å². The van der Waals surface area contributed by atoms with E-state index >= 15 is 0 Å². The third-order valence-corrected chi connectivity index (χ3v) is 6.40. The van der Waals surface area contributed by atoms with Crippen LogP contribution in [0, 0.1) is 10.1 Å². The Morgan fingerprint density at radius 1 is 1.24 bits per heavy atom. The molecule has 2 aliphatic rings. The van der Waals surface area contributed by atoms with Gasteiger partial charge in [-0.1, -0.05) is 0 Å². The summed E-state index contributed by atoms with van der Waals surface area (Å²) in [6.07, 6.45) is 2.89. The van der Waals surface area contributed by atoms with Crippen LogP contribution >= 0.6 is 0 Å². The minimum Gasteiger partial charge on any atom is -0.496 e. The van der Waals surface area contributed by atoms with Crippen molar-refractivity contribution in [1.29, 1.82) is 0 Å². The molecule has 2 atom stereocenters. The van der Waals surface area contributed by atoms with E-state index in [1.165, 1.54) is 6.07 Å². The van der Waals surface area contributed by atoms with Crippen LogP contribution in [0.25, 0.3) is 0 Å². The van der Waals surface area contributed by atoms with Gasteiger partial charge < -0.3 is 19.1 Å². The summed E-state index contributed by atoms with van der Waals surface area (Å²) >= 11 is 0. The Bertz CT molecular complexity index is 796. The smallest absolute Gasteiger partial charge is 0.306 e. The fourth-order valence-corrected chi connectivity index (χ4v) is 4.87. The molecule has 0 saturated carbocycles. The lowest BCUT2D eigenvalue weighted by molar-refractivity contribution is -0.961. The normalized spacial score (nSPS) is 28.0. The first kappa shape index (κ1) is 21.0. The number of quaternary nitrogens is 1. The molecule has 2 unspecified atom stereocenters. The van der Waals surface area contributed by atoms with E-state index in [1.807, 2.05) is 0 Å². The summed E-state index contributed by atoms with van der Waals surface area (Å²) in [5, 5.41) is 19.9.